The van der Waals surface area contributed by atoms with E-state index in [1.807, 2.05) is 31.2 Å². The van der Waals surface area contributed by atoms with E-state index in [1.165, 1.54) is 0 Å². The molecule has 0 spiro atoms. The number of nitrogens with one attached hydrogen (secondary N) is 1. The molecule has 1 unspecified atom stereocenters. The summed E-state index contributed by atoms with van der Waals surface area (Å²) in [5.74, 6) is 6.43. The highest BCUT2D eigenvalue weighted by atomic mass is 16.3. The van der Waals surface area contributed by atoms with Gasteiger partial charge in [0, 0.05) is 23.9 Å². The van der Waals surface area contributed by atoms with Crippen molar-refractivity contribution in [3.05, 3.63) is 53.7 Å². The second kappa shape index (κ2) is 4.92. The Morgan fingerprint density at radius 3 is 2.94 bits per heavy atom. The van der Waals surface area contributed by atoms with Crippen LogP contribution in [-0.2, 0) is 6.42 Å². The summed E-state index contributed by atoms with van der Waals surface area (Å²) in [6.45, 7) is 1.91. The van der Waals surface area contributed by atoms with Crippen molar-refractivity contribution in [3.63, 3.8) is 0 Å². The van der Waals surface area contributed by atoms with Gasteiger partial charge >= 0.3 is 0 Å². The van der Waals surface area contributed by atoms with Crippen LogP contribution in [-0.4, -0.2) is 4.98 Å². The minimum absolute atomic E-state index is 0.0346. The number of pyridine rings is 1. The third-order valence-corrected chi connectivity index (χ3v) is 2.49. The standard InChI is InChI=1S/C12H15N3O/c1-9-6-10(8-16-9)12(15-13)7-11-4-2-3-5-14-11/h2-6,8,12,15H,7,13H2,1H3. The first kappa shape index (κ1) is 10.9. The Kier molecular flexibility index (Phi) is 3.34. The average molecular weight is 217 g/mol. The van der Waals surface area contributed by atoms with Gasteiger partial charge in [-0.3, -0.25) is 16.3 Å². The van der Waals surface area contributed by atoms with Crippen molar-refractivity contribution < 1.29 is 4.42 Å². The van der Waals surface area contributed by atoms with E-state index in [9.17, 15) is 0 Å². The SMILES string of the molecule is Cc1cc(C(Cc2ccccn2)NN)co1. The smallest absolute Gasteiger partial charge is 0.101 e. The first-order chi connectivity index (χ1) is 7.79. The Labute approximate surface area is 94.5 Å². The first-order valence-electron chi connectivity index (χ1n) is 5.20. The molecule has 0 fully saturated rings. The van der Waals surface area contributed by atoms with Crippen molar-refractivity contribution in [2.45, 2.75) is 19.4 Å². The molecular formula is C12H15N3O. The summed E-state index contributed by atoms with van der Waals surface area (Å²) in [7, 11) is 0. The lowest BCUT2D eigenvalue weighted by Gasteiger charge is -2.13. The van der Waals surface area contributed by atoms with Gasteiger partial charge < -0.3 is 4.42 Å². The number of hydrogen-bond donors (Lipinski definition) is 2. The maximum atomic E-state index is 5.54. The first-order valence-corrected chi connectivity index (χ1v) is 5.20. The molecule has 1 atom stereocenters. The summed E-state index contributed by atoms with van der Waals surface area (Å²) in [6.07, 6.45) is 4.25. The van der Waals surface area contributed by atoms with Crippen LogP contribution in [0.2, 0.25) is 0 Å². The maximum Gasteiger partial charge on any atom is 0.101 e. The van der Waals surface area contributed by atoms with Gasteiger partial charge in [-0.2, -0.15) is 0 Å². The molecule has 0 aliphatic heterocycles. The number of furan rings is 1. The predicted octanol–water partition coefficient (Wildman–Crippen LogP) is 1.73. The quantitative estimate of drug-likeness (QED) is 0.604. The lowest BCUT2D eigenvalue weighted by atomic mass is 10.1. The van der Waals surface area contributed by atoms with Crippen molar-refractivity contribution in [2.75, 3.05) is 0 Å². The zero-order valence-corrected chi connectivity index (χ0v) is 9.18. The van der Waals surface area contributed by atoms with Gasteiger partial charge in [0.15, 0.2) is 0 Å². The Morgan fingerprint density at radius 2 is 2.38 bits per heavy atom. The number of hydrazine groups is 1. The summed E-state index contributed by atoms with van der Waals surface area (Å²) < 4.78 is 5.27. The molecule has 2 aromatic rings. The zero-order chi connectivity index (χ0) is 11.4. The van der Waals surface area contributed by atoms with Gasteiger partial charge in [-0.05, 0) is 25.1 Å². The van der Waals surface area contributed by atoms with E-state index in [0.717, 1.165) is 23.4 Å². The molecule has 0 radical (unpaired) electrons. The third kappa shape index (κ3) is 2.48. The predicted molar refractivity (Wildman–Crippen MR) is 61.5 cm³/mol. The van der Waals surface area contributed by atoms with Gasteiger partial charge in [0.2, 0.25) is 0 Å². The fraction of sp³-hybridized carbons (Fsp3) is 0.250. The highest BCUT2D eigenvalue weighted by Gasteiger charge is 2.13. The van der Waals surface area contributed by atoms with Crippen LogP contribution in [0.4, 0.5) is 0 Å². The number of nitrogens with two attached hydrogens (primary N) is 1. The van der Waals surface area contributed by atoms with Crippen molar-refractivity contribution in [1.29, 1.82) is 0 Å². The van der Waals surface area contributed by atoms with Crippen molar-refractivity contribution in [2.24, 2.45) is 5.84 Å². The normalized spacial score (nSPS) is 12.6. The molecule has 4 nitrogen and oxygen atoms in total. The summed E-state index contributed by atoms with van der Waals surface area (Å²) in [6, 6.07) is 7.87. The van der Waals surface area contributed by atoms with E-state index in [1.54, 1.807) is 12.5 Å². The molecule has 4 heteroatoms. The Morgan fingerprint density at radius 1 is 1.50 bits per heavy atom. The maximum absolute atomic E-state index is 5.54. The molecule has 0 aromatic carbocycles. The lowest BCUT2D eigenvalue weighted by molar-refractivity contribution is 0.509. The van der Waals surface area contributed by atoms with Gasteiger partial charge in [-0.25, -0.2) is 0 Å². The number of aryl methyl sites for hydroxylation is 1. The summed E-state index contributed by atoms with van der Waals surface area (Å²) in [5.41, 5.74) is 4.83. The zero-order valence-electron chi connectivity index (χ0n) is 9.18. The van der Waals surface area contributed by atoms with E-state index < -0.39 is 0 Å². The lowest BCUT2D eigenvalue weighted by Crippen LogP contribution is -2.29. The van der Waals surface area contributed by atoms with Crippen LogP contribution in [0, 0.1) is 6.92 Å². The second-order valence-corrected chi connectivity index (χ2v) is 3.74. The molecule has 3 N–H and O–H groups in total. The van der Waals surface area contributed by atoms with Crippen LogP contribution in [0.5, 0.6) is 0 Å². The Hall–Kier alpha value is -1.65. The van der Waals surface area contributed by atoms with Crippen molar-refractivity contribution in [1.82, 2.24) is 10.4 Å². The van der Waals surface area contributed by atoms with Gasteiger partial charge in [-0.15, -0.1) is 0 Å². The molecule has 0 aliphatic carbocycles. The molecule has 0 amide bonds. The fourth-order valence-corrected chi connectivity index (χ4v) is 1.65. The molecule has 0 aliphatic rings. The molecule has 2 aromatic heterocycles. The molecule has 2 heterocycles. The van der Waals surface area contributed by atoms with Gasteiger partial charge in [0.05, 0.1) is 12.3 Å². The van der Waals surface area contributed by atoms with E-state index in [-0.39, 0.29) is 6.04 Å². The van der Waals surface area contributed by atoms with Crippen LogP contribution in [0.3, 0.4) is 0 Å². The largest absolute Gasteiger partial charge is 0.469 e. The van der Waals surface area contributed by atoms with Crippen LogP contribution in [0.1, 0.15) is 23.1 Å². The van der Waals surface area contributed by atoms with E-state index in [4.69, 9.17) is 10.3 Å². The summed E-state index contributed by atoms with van der Waals surface area (Å²) >= 11 is 0. The molecule has 0 saturated heterocycles. The second-order valence-electron chi connectivity index (χ2n) is 3.74. The number of aromatic nitrogens is 1. The van der Waals surface area contributed by atoms with Crippen LogP contribution < -0.4 is 11.3 Å². The van der Waals surface area contributed by atoms with Crippen LogP contribution >= 0.6 is 0 Å². The summed E-state index contributed by atoms with van der Waals surface area (Å²) in [5, 5.41) is 0. The van der Waals surface area contributed by atoms with Crippen LogP contribution in [0.15, 0.2) is 41.1 Å². The number of rotatable bonds is 4. The highest BCUT2D eigenvalue weighted by Crippen LogP contribution is 2.18. The molecule has 0 bridgehead atoms. The van der Waals surface area contributed by atoms with Crippen molar-refractivity contribution in [3.8, 4) is 0 Å². The molecule has 0 saturated carbocycles. The minimum Gasteiger partial charge on any atom is -0.469 e. The average Bonchev–Trinajstić information content (AvgIpc) is 2.74. The molecule has 2 rings (SSSR count). The summed E-state index contributed by atoms with van der Waals surface area (Å²) in [4.78, 5) is 4.27. The van der Waals surface area contributed by atoms with E-state index in [0.29, 0.717) is 0 Å². The number of nitrogens with zero attached hydrogens (tertiary/aromatic N) is 1. The van der Waals surface area contributed by atoms with Gasteiger partial charge in [-0.1, -0.05) is 6.07 Å². The molecule has 16 heavy (non-hydrogen) atoms. The van der Waals surface area contributed by atoms with Crippen LogP contribution in [0.25, 0.3) is 0 Å². The monoisotopic (exact) mass is 217 g/mol. The van der Waals surface area contributed by atoms with E-state index in [2.05, 4.69) is 10.4 Å². The third-order valence-electron chi connectivity index (χ3n) is 2.49. The van der Waals surface area contributed by atoms with Gasteiger partial charge in [0.25, 0.3) is 0 Å². The Bertz CT molecular complexity index is 439. The Balaban J connectivity index is 2.12. The van der Waals surface area contributed by atoms with Crippen molar-refractivity contribution >= 4 is 0 Å². The highest BCUT2D eigenvalue weighted by molar-refractivity contribution is 5.19. The fourth-order valence-electron chi connectivity index (χ4n) is 1.65. The minimum atomic E-state index is 0.0346. The molecule has 84 valence electrons. The number of hydrogen-bond acceptors (Lipinski definition) is 4. The van der Waals surface area contributed by atoms with Gasteiger partial charge in [0.1, 0.15) is 5.76 Å². The topological polar surface area (TPSA) is 64.1 Å². The molecular weight excluding hydrogens is 202 g/mol. The van der Waals surface area contributed by atoms with E-state index >= 15 is 0 Å².